The second kappa shape index (κ2) is 8.31. The van der Waals surface area contributed by atoms with Crippen LogP contribution in [0.1, 0.15) is 34.3 Å². The van der Waals surface area contributed by atoms with E-state index in [0.717, 1.165) is 0 Å². The van der Waals surface area contributed by atoms with Crippen molar-refractivity contribution in [1.29, 1.82) is 0 Å². The summed E-state index contributed by atoms with van der Waals surface area (Å²) in [5.41, 5.74) is 0.712. The Kier molecular flexibility index (Phi) is 5.84. The number of ether oxygens (including phenoxy) is 2. The Bertz CT molecular complexity index is 896. The SMILES string of the molecule is COCCCN1C(=O)C(O)=C(C(=O)c2ccc(C)o2)[C@@H]1c1ccc(OC)cc1. The molecule has 1 N–H and O–H groups in total. The van der Waals surface area contributed by atoms with Gasteiger partial charge in [0.25, 0.3) is 5.91 Å². The van der Waals surface area contributed by atoms with Crippen LogP contribution in [0.3, 0.4) is 0 Å². The molecule has 0 fully saturated rings. The molecule has 0 aliphatic carbocycles. The number of furan rings is 1. The van der Waals surface area contributed by atoms with Crippen LogP contribution in [0.5, 0.6) is 5.75 Å². The van der Waals surface area contributed by atoms with E-state index < -0.39 is 23.5 Å². The van der Waals surface area contributed by atoms with E-state index in [4.69, 9.17) is 13.9 Å². The van der Waals surface area contributed by atoms with Gasteiger partial charge in [-0.05, 0) is 43.2 Å². The van der Waals surface area contributed by atoms with E-state index in [1.165, 1.54) is 4.90 Å². The summed E-state index contributed by atoms with van der Waals surface area (Å²) in [4.78, 5) is 27.3. The number of hydrogen-bond donors (Lipinski definition) is 1. The Hall–Kier alpha value is -3.06. The summed E-state index contributed by atoms with van der Waals surface area (Å²) in [6.45, 7) is 2.52. The predicted octanol–water partition coefficient (Wildman–Crippen LogP) is 3.21. The van der Waals surface area contributed by atoms with Crippen LogP contribution in [0, 0.1) is 6.92 Å². The first-order chi connectivity index (χ1) is 13.5. The summed E-state index contributed by atoms with van der Waals surface area (Å²) in [5, 5.41) is 10.5. The van der Waals surface area contributed by atoms with Crippen molar-refractivity contribution in [1.82, 2.24) is 4.90 Å². The zero-order chi connectivity index (χ0) is 20.3. The zero-order valence-electron chi connectivity index (χ0n) is 16.1. The maximum absolute atomic E-state index is 13.1. The normalized spacial score (nSPS) is 16.8. The molecule has 0 radical (unpaired) electrons. The van der Waals surface area contributed by atoms with Gasteiger partial charge in [-0.2, -0.15) is 0 Å². The third-order valence-corrected chi connectivity index (χ3v) is 4.69. The Morgan fingerprint density at radius 3 is 2.46 bits per heavy atom. The molecule has 1 aromatic heterocycles. The lowest BCUT2D eigenvalue weighted by atomic mass is 9.95. The number of carbonyl (C=O) groups is 2. The molecule has 2 heterocycles. The standard InChI is InChI=1S/C21H23NO6/c1-13-5-10-16(28-13)19(23)17-18(14-6-8-15(27-3)9-7-14)22(11-4-12-26-2)21(25)20(17)24/h5-10,18,24H,4,11-12H2,1-3H3/t18-/m0/s1. The number of amides is 1. The van der Waals surface area contributed by atoms with Crippen LogP contribution in [-0.4, -0.2) is 49.1 Å². The molecule has 0 saturated heterocycles. The molecule has 28 heavy (non-hydrogen) atoms. The first-order valence-corrected chi connectivity index (χ1v) is 8.96. The molecule has 0 unspecified atom stereocenters. The van der Waals surface area contributed by atoms with E-state index in [9.17, 15) is 14.7 Å². The molecule has 148 valence electrons. The van der Waals surface area contributed by atoms with Gasteiger partial charge in [-0.25, -0.2) is 0 Å². The van der Waals surface area contributed by atoms with Gasteiger partial charge < -0.3 is 23.9 Å². The number of Topliss-reactive ketones (excluding diaryl/α,β-unsaturated/α-hetero) is 1. The molecule has 7 heteroatoms. The number of ketones is 1. The number of hydrogen-bond acceptors (Lipinski definition) is 6. The maximum atomic E-state index is 13.1. The molecule has 7 nitrogen and oxygen atoms in total. The van der Waals surface area contributed by atoms with Crippen LogP contribution in [0.25, 0.3) is 0 Å². The molecular formula is C21H23NO6. The van der Waals surface area contributed by atoms with Crippen molar-refractivity contribution >= 4 is 11.7 Å². The van der Waals surface area contributed by atoms with E-state index >= 15 is 0 Å². The smallest absolute Gasteiger partial charge is 0.290 e. The summed E-state index contributed by atoms with van der Waals surface area (Å²) >= 11 is 0. The van der Waals surface area contributed by atoms with Gasteiger partial charge in [-0.3, -0.25) is 9.59 Å². The van der Waals surface area contributed by atoms with Gasteiger partial charge in [0.1, 0.15) is 11.5 Å². The fraction of sp³-hybridized carbons (Fsp3) is 0.333. The topological polar surface area (TPSA) is 89.2 Å². The lowest BCUT2D eigenvalue weighted by molar-refractivity contribution is -0.129. The fourth-order valence-corrected chi connectivity index (χ4v) is 3.32. The van der Waals surface area contributed by atoms with E-state index in [1.807, 2.05) is 0 Å². The number of methoxy groups -OCH3 is 2. The van der Waals surface area contributed by atoms with Gasteiger partial charge in [0.15, 0.2) is 11.5 Å². The molecule has 3 rings (SSSR count). The minimum atomic E-state index is -0.715. The highest BCUT2D eigenvalue weighted by Gasteiger charge is 2.44. The van der Waals surface area contributed by atoms with Crippen LogP contribution in [0.15, 0.2) is 52.1 Å². The number of benzene rings is 1. The number of carbonyl (C=O) groups excluding carboxylic acids is 2. The van der Waals surface area contributed by atoms with Crippen molar-refractivity contribution in [2.45, 2.75) is 19.4 Å². The number of aliphatic hydroxyl groups is 1. The molecular weight excluding hydrogens is 362 g/mol. The molecule has 1 aromatic carbocycles. The highest BCUT2D eigenvalue weighted by atomic mass is 16.5. The van der Waals surface area contributed by atoms with Crippen LogP contribution in [-0.2, 0) is 9.53 Å². The van der Waals surface area contributed by atoms with E-state index in [0.29, 0.717) is 36.6 Å². The van der Waals surface area contributed by atoms with Crippen molar-refractivity contribution in [2.24, 2.45) is 0 Å². The molecule has 2 aromatic rings. The van der Waals surface area contributed by atoms with Crippen molar-refractivity contribution in [3.05, 3.63) is 64.8 Å². The molecule has 0 spiro atoms. The summed E-state index contributed by atoms with van der Waals surface area (Å²) in [6, 6.07) is 9.55. The highest BCUT2D eigenvalue weighted by Crippen LogP contribution is 2.39. The molecule has 0 bridgehead atoms. The van der Waals surface area contributed by atoms with Gasteiger partial charge in [-0.15, -0.1) is 0 Å². The Labute approximate surface area is 163 Å². The van der Waals surface area contributed by atoms with Crippen LogP contribution in [0.2, 0.25) is 0 Å². The Morgan fingerprint density at radius 1 is 1.18 bits per heavy atom. The summed E-state index contributed by atoms with van der Waals surface area (Å²) < 4.78 is 15.7. The second-order valence-electron chi connectivity index (χ2n) is 6.52. The van der Waals surface area contributed by atoms with E-state index in [2.05, 4.69) is 0 Å². The lowest BCUT2D eigenvalue weighted by Crippen LogP contribution is -2.32. The minimum absolute atomic E-state index is 0.0157. The first-order valence-electron chi connectivity index (χ1n) is 8.96. The van der Waals surface area contributed by atoms with Gasteiger partial charge >= 0.3 is 0 Å². The van der Waals surface area contributed by atoms with Crippen LogP contribution in [0.4, 0.5) is 0 Å². The van der Waals surface area contributed by atoms with Crippen molar-refractivity contribution in [3.63, 3.8) is 0 Å². The molecule has 0 saturated carbocycles. The average Bonchev–Trinajstić information content (AvgIpc) is 3.24. The fourth-order valence-electron chi connectivity index (χ4n) is 3.32. The first kappa shape index (κ1) is 19.7. The monoisotopic (exact) mass is 385 g/mol. The number of aryl methyl sites for hydroxylation is 1. The van der Waals surface area contributed by atoms with Crippen LogP contribution >= 0.6 is 0 Å². The van der Waals surface area contributed by atoms with Gasteiger partial charge in [0, 0.05) is 20.3 Å². The van der Waals surface area contributed by atoms with E-state index in [-0.39, 0.29) is 11.3 Å². The van der Waals surface area contributed by atoms with Gasteiger partial charge in [-0.1, -0.05) is 12.1 Å². The highest BCUT2D eigenvalue weighted by molar-refractivity contribution is 6.15. The van der Waals surface area contributed by atoms with E-state index in [1.54, 1.807) is 57.5 Å². The third-order valence-electron chi connectivity index (χ3n) is 4.69. The number of nitrogens with zero attached hydrogens (tertiary/aromatic N) is 1. The molecule has 1 aliphatic heterocycles. The largest absolute Gasteiger partial charge is 0.503 e. The molecule has 1 amide bonds. The molecule has 1 atom stereocenters. The van der Waals surface area contributed by atoms with Crippen LogP contribution < -0.4 is 4.74 Å². The average molecular weight is 385 g/mol. The van der Waals surface area contributed by atoms with Crippen molar-refractivity contribution < 1.29 is 28.6 Å². The van der Waals surface area contributed by atoms with Gasteiger partial charge in [0.05, 0.1) is 18.7 Å². The lowest BCUT2D eigenvalue weighted by Gasteiger charge is -2.26. The number of rotatable bonds is 8. The maximum Gasteiger partial charge on any atom is 0.290 e. The van der Waals surface area contributed by atoms with Crippen molar-refractivity contribution in [3.8, 4) is 5.75 Å². The summed E-state index contributed by atoms with van der Waals surface area (Å²) in [6.07, 6.45) is 0.573. The second-order valence-corrected chi connectivity index (χ2v) is 6.52. The quantitative estimate of drug-likeness (QED) is 0.554. The summed E-state index contributed by atoms with van der Waals surface area (Å²) in [7, 11) is 3.14. The number of aliphatic hydroxyl groups excluding tert-OH is 1. The van der Waals surface area contributed by atoms with Crippen molar-refractivity contribution in [2.75, 3.05) is 27.4 Å². The molecule has 1 aliphatic rings. The summed E-state index contributed by atoms with van der Waals surface area (Å²) in [5.74, 6) is -0.314. The predicted molar refractivity (Wildman–Crippen MR) is 101 cm³/mol. The Balaban J connectivity index is 2.02. The minimum Gasteiger partial charge on any atom is -0.503 e. The Morgan fingerprint density at radius 2 is 1.89 bits per heavy atom. The third kappa shape index (κ3) is 3.66. The zero-order valence-corrected chi connectivity index (χ0v) is 16.1. The van der Waals surface area contributed by atoms with Gasteiger partial charge in [0.2, 0.25) is 5.78 Å².